The molecule has 2 aliphatic heterocycles. The molecule has 9 heteroatoms. The summed E-state index contributed by atoms with van der Waals surface area (Å²) in [6, 6.07) is 4.91. The van der Waals surface area contributed by atoms with Crippen molar-refractivity contribution in [3.05, 3.63) is 30.1 Å². The molecule has 0 aromatic heterocycles. The van der Waals surface area contributed by atoms with Gasteiger partial charge in [0.1, 0.15) is 5.82 Å². The van der Waals surface area contributed by atoms with E-state index in [1.807, 2.05) is 0 Å². The van der Waals surface area contributed by atoms with Crippen LogP contribution in [0.3, 0.4) is 0 Å². The second-order valence-electron chi connectivity index (χ2n) is 6.73. The smallest absolute Gasteiger partial charge is 0.243 e. The van der Waals surface area contributed by atoms with Crippen LogP contribution in [-0.4, -0.2) is 99.3 Å². The lowest BCUT2D eigenvalue weighted by Gasteiger charge is -2.36. The van der Waals surface area contributed by atoms with Gasteiger partial charge in [-0.05, 0) is 24.3 Å². The highest BCUT2D eigenvalue weighted by atomic mass is 32.2. The van der Waals surface area contributed by atoms with E-state index in [1.54, 1.807) is 0 Å². The number of rotatable bonds is 6. The number of β-amino-alcohol motifs (C(OH)–C–C–N with tert-alkyl or cyclic N) is 1. The first-order valence-electron chi connectivity index (χ1n) is 8.91. The van der Waals surface area contributed by atoms with Crippen molar-refractivity contribution < 1.29 is 22.7 Å². The largest absolute Gasteiger partial charge is 0.390 e. The van der Waals surface area contributed by atoms with Crippen LogP contribution in [0.15, 0.2) is 29.2 Å². The first-order chi connectivity index (χ1) is 12.4. The Morgan fingerprint density at radius 1 is 0.962 bits per heavy atom. The zero-order valence-electron chi connectivity index (χ0n) is 14.8. The minimum Gasteiger partial charge on any atom is -0.390 e. The molecule has 146 valence electrons. The number of hydrogen-bond donors (Lipinski definition) is 1. The van der Waals surface area contributed by atoms with Crippen LogP contribution in [0.1, 0.15) is 0 Å². The van der Waals surface area contributed by atoms with Crippen LogP contribution in [-0.2, 0) is 14.8 Å². The standard InChI is InChI=1S/C17H26FN3O4S/c18-15-1-3-17(4-2-15)26(23,24)21-7-5-19(6-8-21)13-16(22)14-20-9-11-25-12-10-20/h1-4,16,22H,5-14H2/t16-/m1/s1. The Kier molecular flexibility index (Phi) is 6.60. The third kappa shape index (κ3) is 4.99. The van der Waals surface area contributed by atoms with Crippen molar-refractivity contribution in [1.82, 2.24) is 14.1 Å². The van der Waals surface area contributed by atoms with Crippen molar-refractivity contribution in [2.75, 3.05) is 65.6 Å². The Balaban J connectivity index is 1.48. The number of nitrogens with zero attached hydrogens (tertiary/aromatic N) is 3. The molecular weight excluding hydrogens is 361 g/mol. The van der Waals surface area contributed by atoms with Gasteiger partial charge in [-0.25, -0.2) is 12.8 Å². The van der Waals surface area contributed by atoms with Crippen LogP contribution in [0.5, 0.6) is 0 Å². The molecule has 1 atom stereocenters. The van der Waals surface area contributed by atoms with Crippen LogP contribution in [0, 0.1) is 5.82 Å². The fraction of sp³-hybridized carbons (Fsp3) is 0.647. The van der Waals surface area contributed by atoms with E-state index in [-0.39, 0.29) is 4.90 Å². The fourth-order valence-corrected chi connectivity index (χ4v) is 4.77. The Labute approximate surface area is 154 Å². The summed E-state index contributed by atoms with van der Waals surface area (Å²) in [6.07, 6.45) is -0.464. The number of morpholine rings is 1. The fourth-order valence-electron chi connectivity index (χ4n) is 3.35. The average Bonchev–Trinajstić information content (AvgIpc) is 2.63. The highest BCUT2D eigenvalue weighted by Crippen LogP contribution is 2.18. The molecule has 2 aliphatic rings. The normalized spacial score (nSPS) is 22.4. The quantitative estimate of drug-likeness (QED) is 0.731. The van der Waals surface area contributed by atoms with Crippen molar-refractivity contribution in [3.63, 3.8) is 0 Å². The molecule has 1 N–H and O–H groups in total. The predicted molar refractivity (Wildman–Crippen MR) is 94.9 cm³/mol. The Morgan fingerprint density at radius 2 is 1.50 bits per heavy atom. The summed E-state index contributed by atoms with van der Waals surface area (Å²) >= 11 is 0. The van der Waals surface area contributed by atoms with Gasteiger partial charge in [-0.3, -0.25) is 9.80 Å². The van der Waals surface area contributed by atoms with Gasteiger partial charge in [0.05, 0.1) is 24.2 Å². The molecule has 1 aromatic rings. The zero-order valence-corrected chi connectivity index (χ0v) is 15.6. The summed E-state index contributed by atoms with van der Waals surface area (Å²) < 4.78 is 44.9. The van der Waals surface area contributed by atoms with Crippen LogP contribution in [0.25, 0.3) is 0 Å². The van der Waals surface area contributed by atoms with Gasteiger partial charge in [-0.1, -0.05) is 0 Å². The molecule has 26 heavy (non-hydrogen) atoms. The maximum atomic E-state index is 13.0. The molecule has 2 fully saturated rings. The topological polar surface area (TPSA) is 73.3 Å². The summed E-state index contributed by atoms with van der Waals surface area (Å²) in [5, 5.41) is 10.3. The van der Waals surface area contributed by atoms with Gasteiger partial charge < -0.3 is 9.84 Å². The third-order valence-corrected chi connectivity index (χ3v) is 6.74. The summed E-state index contributed by atoms with van der Waals surface area (Å²) in [5.74, 6) is -0.456. The second-order valence-corrected chi connectivity index (χ2v) is 8.66. The van der Waals surface area contributed by atoms with Crippen molar-refractivity contribution in [2.45, 2.75) is 11.0 Å². The first-order valence-corrected chi connectivity index (χ1v) is 10.4. The lowest BCUT2D eigenvalue weighted by atomic mass is 10.2. The molecule has 0 saturated carbocycles. The minimum absolute atomic E-state index is 0.111. The van der Waals surface area contributed by atoms with E-state index in [0.29, 0.717) is 52.5 Å². The SMILES string of the molecule is O=S(=O)(c1ccc(F)cc1)N1CCN(C[C@@H](O)CN2CCOCC2)CC1. The molecule has 0 amide bonds. The highest BCUT2D eigenvalue weighted by molar-refractivity contribution is 7.89. The molecular formula is C17H26FN3O4S. The van der Waals surface area contributed by atoms with Gasteiger partial charge in [-0.15, -0.1) is 0 Å². The van der Waals surface area contributed by atoms with Crippen LogP contribution >= 0.6 is 0 Å². The summed E-state index contributed by atoms with van der Waals surface area (Å²) in [7, 11) is -3.60. The van der Waals surface area contributed by atoms with Crippen molar-refractivity contribution in [2.24, 2.45) is 0 Å². The van der Waals surface area contributed by atoms with Gasteiger partial charge in [0, 0.05) is 52.4 Å². The van der Waals surface area contributed by atoms with E-state index in [4.69, 9.17) is 4.74 Å². The van der Waals surface area contributed by atoms with E-state index in [1.165, 1.54) is 16.4 Å². The molecule has 0 bridgehead atoms. The van der Waals surface area contributed by atoms with Crippen molar-refractivity contribution >= 4 is 10.0 Å². The first kappa shape index (κ1) is 19.7. The van der Waals surface area contributed by atoms with E-state index < -0.39 is 21.9 Å². The summed E-state index contributed by atoms with van der Waals surface area (Å²) in [5.41, 5.74) is 0. The molecule has 1 aromatic carbocycles. The molecule has 0 radical (unpaired) electrons. The highest BCUT2D eigenvalue weighted by Gasteiger charge is 2.29. The molecule has 0 unspecified atom stereocenters. The van der Waals surface area contributed by atoms with Crippen LogP contribution in [0.2, 0.25) is 0 Å². The maximum absolute atomic E-state index is 13.0. The Morgan fingerprint density at radius 3 is 2.08 bits per heavy atom. The zero-order chi connectivity index (χ0) is 18.6. The van der Waals surface area contributed by atoms with Crippen molar-refractivity contribution in [3.8, 4) is 0 Å². The summed E-state index contributed by atoms with van der Waals surface area (Å²) in [6.45, 7) is 6.08. The van der Waals surface area contributed by atoms with Crippen molar-refractivity contribution in [1.29, 1.82) is 0 Å². The maximum Gasteiger partial charge on any atom is 0.243 e. The third-order valence-electron chi connectivity index (χ3n) is 4.82. The van der Waals surface area contributed by atoms with Gasteiger partial charge in [0.25, 0.3) is 0 Å². The molecule has 3 rings (SSSR count). The number of piperazine rings is 1. The van der Waals surface area contributed by atoms with Crippen LogP contribution in [0.4, 0.5) is 4.39 Å². The lowest BCUT2D eigenvalue weighted by Crippen LogP contribution is -2.52. The summed E-state index contributed by atoms with van der Waals surface area (Å²) in [4.78, 5) is 4.38. The van der Waals surface area contributed by atoms with E-state index >= 15 is 0 Å². The van der Waals surface area contributed by atoms with Gasteiger partial charge in [0.15, 0.2) is 0 Å². The average molecular weight is 387 g/mol. The Hall–Kier alpha value is -1.10. The number of aliphatic hydroxyl groups is 1. The predicted octanol–water partition coefficient (Wildman–Crippen LogP) is -0.175. The van der Waals surface area contributed by atoms with Gasteiger partial charge in [0.2, 0.25) is 10.0 Å². The van der Waals surface area contributed by atoms with Crippen LogP contribution < -0.4 is 0 Å². The molecule has 7 nitrogen and oxygen atoms in total. The van der Waals surface area contributed by atoms with Gasteiger partial charge >= 0.3 is 0 Å². The second kappa shape index (κ2) is 8.73. The van der Waals surface area contributed by atoms with E-state index in [9.17, 15) is 17.9 Å². The molecule has 2 heterocycles. The lowest BCUT2D eigenvalue weighted by molar-refractivity contribution is 0.00469. The number of halogens is 1. The monoisotopic (exact) mass is 387 g/mol. The Bertz CT molecular complexity index is 672. The number of hydrogen-bond acceptors (Lipinski definition) is 6. The number of sulfonamides is 1. The van der Waals surface area contributed by atoms with Gasteiger partial charge in [-0.2, -0.15) is 4.31 Å². The number of benzene rings is 1. The minimum atomic E-state index is -3.60. The molecule has 0 spiro atoms. The van der Waals surface area contributed by atoms with E-state index in [2.05, 4.69) is 9.80 Å². The van der Waals surface area contributed by atoms with E-state index in [0.717, 1.165) is 25.2 Å². The molecule has 2 saturated heterocycles. The molecule has 0 aliphatic carbocycles. The number of ether oxygens (including phenoxy) is 1. The number of aliphatic hydroxyl groups excluding tert-OH is 1.